The van der Waals surface area contributed by atoms with E-state index in [1.54, 1.807) is 0 Å². The van der Waals surface area contributed by atoms with Crippen LogP contribution in [0.5, 0.6) is 0 Å². The van der Waals surface area contributed by atoms with Gasteiger partial charge in [-0.3, -0.25) is 0 Å². The molecule has 7 heteroatoms. The van der Waals surface area contributed by atoms with Crippen molar-refractivity contribution in [3.63, 3.8) is 0 Å². The van der Waals surface area contributed by atoms with Gasteiger partial charge in [0.15, 0.2) is 0 Å². The van der Waals surface area contributed by atoms with E-state index < -0.39 is 0 Å². The van der Waals surface area contributed by atoms with Crippen molar-refractivity contribution in [2.75, 3.05) is 26.4 Å². The molecule has 2 saturated heterocycles. The van der Waals surface area contributed by atoms with E-state index in [1.165, 1.54) is 0 Å². The van der Waals surface area contributed by atoms with Gasteiger partial charge in [0, 0.05) is 12.8 Å². The average molecular weight is 261 g/mol. The fraction of sp³-hybridized carbons (Fsp3) is 1.00. The highest BCUT2D eigenvalue weighted by Crippen LogP contribution is 1.94. The minimum Gasteiger partial charge on any atom is -0.206 e. The van der Waals surface area contributed by atoms with Gasteiger partial charge >= 0.3 is 0 Å². The van der Waals surface area contributed by atoms with Crippen molar-refractivity contribution in [2.45, 2.75) is 12.8 Å². The van der Waals surface area contributed by atoms with Crippen molar-refractivity contribution in [2.24, 2.45) is 0 Å². The zero-order valence-electron chi connectivity index (χ0n) is 7.10. The van der Waals surface area contributed by atoms with E-state index in [1.807, 2.05) is 0 Å². The van der Waals surface area contributed by atoms with Gasteiger partial charge in [0.2, 0.25) is 0 Å². The molecule has 0 spiro atoms. The highest BCUT2D eigenvalue weighted by molar-refractivity contribution is 8.93. The summed E-state index contributed by atoms with van der Waals surface area (Å²) < 4.78 is 0. The average Bonchev–Trinajstić information content (AvgIpc) is 2.24. The molecule has 80 valence electrons. The van der Waals surface area contributed by atoms with Gasteiger partial charge in [-0.2, -0.15) is 0 Å². The van der Waals surface area contributed by atoms with Crippen LogP contribution in [0.15, 0.2) is 0 Å². The van der Waals surface area contributed by atoms with Gasteiger partial charge in [0.25, 0.3) is 0 Å². The summed E-state index contributed by atoms with van der Waals surface area (Å²) in [6.45, 7) is 2.61. The van der Waals surface area contributed by atoms with Crippen LogP contribution in [0.25, 0.3) is 0 Å². The third-order valence-corrected chi connectivity index (χ3v) is 1.10. The lowest BCUT2D eigenvalue weighted by Crippen LogP contribution is -2.08. The highest BCUT2D eigenvalue weighted by Gasteiger charge is 1.97. The lowest BCUT2D eigenvalue weighted by molar-refractivity contribution is -0.532. The van der Waals surface area contributed by atoms with Crippen molar-refractivity contribution in [1.82, 2.24) is 0 Å². The maximum atomic E-state index is 4.35. The van der Waals surface area contributed by atoms with Crippen LogP contribution in [0, 0.1) is 0 Å². The summed E-state index contributed by atoms with van der Waals surface area (Å²) >= 11 is 0. The molecule has 0 aromatic rings. The van der Waals surface area contributed by atoms with Gasteiger partial charge in [-0.15, -0.1) is 17.0 Å². The molecule has 2 rings (SSSR count). The SMILES string of the molecule is Br.C1COOOC1.C1COOOC1. The van der Waals surface area contributed by atoms with Crippen LogP contribution in [0.2, 0.25) is 0 Å². The normalized spacial score (nSPS) is 22.2. The smallest absolute Gasteiger partial charge is 0.0877 e. The Kier molecular flexibility index (Phi) is 10.5. The summed E-state index contributed by atoms with van der Waals surface area (Å²) in [5.74, 6) is 0. The van der Waals surface area contributed by atoms with Gasteiger partial charge in [-0.1, -0.05) is 10.1 Å². The van der Waals surface area contributed by atoms with Crippen LogP contribution >= 0.6 is 17.0 Å². The van der Waals surface area contributed by atoms with Crippen molar-refractivity contribution in [3.05, 3.63) is 0 Å². The zero-order chi connectivity index (χ0) is 8.49. The van der Waals surface area contributed by atoms with Gasteiger partial charge < -0.3 is 0 Å². The predicted molar refractivity (Wildman–Crippen MR) is 45.5 cm³/mol. The molecular formula is C6H13BrO6. The molecule has 0 atom stereocenters. The van der Waals surface area contributed by atoms with Gasteiger partial charge in [-0.25, -0.2) is 19.6 Å². The maximum absolute atomic E-state index is 4.35. The van der Waals surface area contributed by atoms with Crippen molar-refractivity contribution in [3.8, 4) is 0 Å². The number of hydrogen-bond acceptors (Lipinski definition) is 6. The summed E-state index contributed by atoms with van der Waals surface area (Å²) in [4.78, 5) is 17.4. The summed E-state index contributed by atoms with van der Waals surface area (Å²) in [5, 5.41) is 8.14. The van der Waals surface area contributed by atoms with E-state index in [9.17, 15) is 0 Å². The second-order valence-electron chi connectivity index (χ2n) is 2.13. The molecule has 0 aliphatic carbocycles. The Morgan fingerprint density at radius 1 is 0.538 bits per heavy atom. The second kappa shape index (κ2) is 10.3. The molecule has 6 nitrogen and oxygen atoms in total. The molecule has 0 amide bonds. The Balaban J connectivity index is 0.000000206. The summed E-state index contributed by atoms with van der Waals surface area (Å²) in [7, 11) is 0. The lowest BCUT2D eigenvalue weighted by Gasteiger charge is -2.06. The monoisotopic (exact) mass is 260 g/mol. The Morgan fingerprint density at radius 2 is 0.846 bits per heavy atom. The molecule has 2 aliphatic rings. The molecule has 0 radical (unpaired) electrons. The second-order valence-corrected chi connectivity index (χ2v) is 2.13. The summed E-state index contributed by atoms with van der Waals surface area (Å²) in [5.41, 5.74) is 0. The summed E-state index contributed by atoms with van der Waals surface area (Å²) in [6.07, 6.45) is 1.86. The lowest BCUT2D eigenvalue weighted by atomic mass is 10.5. The van der Waals surface area contributed by atoms with Crippen LogP contribution < -0.4 is 0 Å². The van der Waals surface area contributed by atoms with E-state index in [-0.39, 0.29) is 17.0 Å². The maximum Gasteiger partial charge on any atom is 0.0877 e. The topological polar surface area (TPSA) is 55.4 Å². The van der Waals surface area contributed by atoms with Crippen LogP contribution in [-0.2, 0) is 29.6 Å². The van der Waals surface area contributed by atoms with Gasteiger partial charge in [0.05, 0.1) is 26.4 Å². The molecule has 0 bridgehead atoms. The Labute approximate surface area is 86.5 Å². The summed E-state index contributed by atoms with van der Waals surface area (Å²) in [6, 6.07) is 0. The minimum atomic E-state index is 0. The number of hydrogen-bond donors (Lipinski definition) is 0. The first-order valence-corrected chi connectivity index (χ1v) is 3.82. The first-order chi connectivity index (χ1) is 6.00. The Bertz CT molecular complexity index is 60.1. The minimum absolute atomic E-state index is 0. The quantitative estimate of drug-likeness (QED) is 0.609. The molecule has 0 aromatic carbocycles. The van der Waals surface area contributed by atoms with E-state index in [0.717, 1.165) is 12.8 Å². The van der Waals surface area contributed by atoms with E-state index in [0.29, 0.717) is 26.4 Å². The van der Waals surface area contributed by atoms with Crippen molar-refractivity contribution >= 4 is 17.0 Å². The third-order valence-electron chi connectivity index (χ3n) is 1.10. The zero-order valence-corrected chi connectivity index (χ0v) is 8.81. The first kappa shape index (κ1) is 13.2. The third kappa shape index (κ3) is 8.57. The van der Waals surface area contributed by atoms with E-state index in [4.69, 9.17) is 0 Å². The van der Waals surface area contributed by atoms with E-state index in [2.05, 4.69) is 29.6 Å². The van der Waals surface area contributed by atoms with Gasteiger partial charge in [-0.05, 0) is 0 Å². The molecular weight excluding hydrogens is 248 g/mol. The number of rotatable bonds is 0. The molecule has 2 fully saturated rings. The number of halogens is 1. The van der Waals surface area contributed by atoms with Crippen LogP contribution in [0.3, 0.4) is 0 Å². The molecule has 0 saturated carbocycles. The Morgan fingerprint density at radius 3 is 0.923 bits per heavy atom. The molecule has 2 heterocycles. The van der Waals surface area contributed by atoms with Crippen LogP contribution in [0.1, 0.15) is 12.8 Å². The Hall–Kier alpha value is 0.240. The molecule has 0 unspecified atom stereocenters. The van der Waals surface area contributed by atoms with E-state index >= 15 is 0 Å². The van der Waals surface area contributed by atoms with Crippen LogP contribution in [0.4, 0.5) is 0 Å². The molecule has 2 aliphatic heterocycles. The molecule has 0 N–H and O–H groups in total. The van der Waals surface area contributed by atoms with Crippen LogP contribution in [-0.4, -0.2) is 26.4 Å². The van der Waals surface area contributed by atoms with Crippen molar-refractivity contribution in [1.29, 1.82) is 0 Å². The van der Waals surface area contributed by atoms with Crippen molar-refractivity contribution < 1.29 is 29.6 Å². The molecule has 0 aromatic heterocycles. The largest absolute Gasteiger partial charge is 0.206 e. The van der Waals surface area contributed by atoms with Gasteiger partial charge in [0.1, 0.15) is 0 Å². The fourth-order valence-corrected chi connectivity index (χ4v) is 0.558. The first-order valence-electron chi connectivity index (χ1n) is 3.82. The predicted octanol–water partition coefficient (Wildman–Crippen LogP) is 1.12. The standard InChI is InChI=1S/2C3H6O3.BrH/c2*1-2-4-6-5-3-1;/h2*1-3H2;1H. The molecule has 13 heavy (non-hydrogen) atoms. The highest BCUT2D eigenvalue weighted by atomic mass is 79.9. The fourth-order valence-electron chi connectivity index (χ4n) is 0.558.